The van der Waals surface area contributed by atoms with Gasteiger partial charge in [0.05, 0.1) is 11.2 Å². The lowest BCUT2D eigenvalue weighted by Crippen LogP contribution is -2.29. The van der Waals surface area contributed by atoms with E-state index in [1.807, 2.05) is 20.8 Å². The van der Waals surface area contributed by atoms with Gasteiger partial charge in [-0.25, -0.2) is 4.39 Å². The molecule has 0 heterocycles. The van der Waals surface area contributed by atoms with E-state index in [9.17, 15) is 22.7 Å². The molecule has 2 rings (SSSR count). The van der Waals surface area contributed by atoms with Crippen molar-refractivity contribution in [2.24, 2.45) is 11.3 Å². The van der Waals surface area contributed by atoms with E-state index in [-0.39, 0.29) is 16.9 Å². The fourth-order valence-electron chi connectivity index (χ4n) is 3.37. The molecular formula is C15H18F4O. The van der Waals surface area contributed by atoms with Crippen LogP contribution in [0.2, 0.25) is 0 Å². The molecule has 112 valence electrons. The van der Waals surface area contributed by atoms with Gasteiger partial charge in [0.25, 0.3) is 0 Å². The molecule has 1 N–H and O–H groups in total. The monoisotopic (exact) mass is 290 g/mol. The van der Waals surface area contributed by atoms with E-state index in [1.54, 1.807) is 0 Å². The van der Waals surface area contributed by atoms with Crippen molar-refractivity contribution in [1.29, 1.82) is 0 Å². The van der Waals surface area contributed by atoms with Gasteiger partial charge in [-0.15, -0.1) is 0 Å². The third kappa shape index (κ3) is 2.55. The molecule has 1 aliphatic carbocycles. The SMILES string of the molecule is CC1CC(C)(C)CC1(O)c1ccc(F)c(C(F)(F)F)c1. The van der Waals surface area contributed by atoms with Crippen LogP contribution in [0.15, 0.2) is 18.2 Å². The summed E-state index contributed by atoms with van der Waals surface area (Å²) in [4.78, 5) is 0. The highest BCUT2D eigenvalue weighted by Gasteiger charge is 2.49. The Balaban J connectivity index is 2.49. The maximum absolute atomic E-state index is 13.3. The first kappa shape index (κ1) is 15.3. The molecule has 0 aliphatic heterocycles. The summed E-state index contributed by atoms with van der Waals surface area (Å²) in [5, 5.41) is 10.8. The quantitative estimate of drug-likeness (QED) is 0.756. The van der Waals surface area contributed by atoms with Gasteiger partial charge in [0.15, 0.2) is 0 Å². The standard InChI is InChI=1S/C15H18F4O/c1-9-7-13(2,3)8-14(9,20)10-4-5-12(16)11(6-10)15(17,18)19/h4-6,9,20H,7-8H2,1-3H3. The van der Waals surface area contributed by atoms with Gasteiger partial charge in [0.2, 0.25) is 0 Å². The summed E-state index contributed by atoms with van der Waals surface area (Å²) in [6, 6.07) is 2.78. The zero-order valence-electron chi connectivity index (χ0n) is 11.7. The lowest BCUT2D eigenvalue weighted by atomic mass is 9.83. The van der Waals surface area contributed by atoms with Crippen molar-refractivity contribution in [3.63, 3.8) is 0 Å². The maximum Gasteiger partial charge on any atom is 0.419 e. The fourth-order valence-corrected chi connectivity index (χ4v) is 3.37. The second kappa shape index (κ2) is 4.45. The average molecular weight is 290 g/mol. The predicted molar refractivity (Wildman–Crippen MR) is 67.5 cm³/mol. The van der Waals surface area contributed by atoms with Gasteiger partial charge in [-0.2, -0.15) is 13.2 Å². The molecule has 0 saturated heterocycles. The average Bonchev–Trinajstić information content (AvgIpc) is 2.47. The van der Waals surface area contributed by atoms with Crippen molar-refractivity contribution < 1.29 is 22.7 Å². The van der Waals surface area contributed by atoms with Crippen molar-refractivity contribution >= 4 is 0 Å². The molecule has 1 aromatic carbocycles. The van der Waals surface area contributed by atoms with Crippen molar-refractivity contribution in [3.8, 4) is 0 Å². The van der Waals surface area contributed by atoms with Crippen LogP contribution < -0.4 is 0 Å². The van der Waals surface area contributed by atoms with E-state index in [1.165, 1.54) is 6.07 Å². The number of aliphatic hydroxyl groups is 1. The molecule has 0 spiro atoms. The topological polar surface area (TPSA) is 20.2 Å². The zero-order chi connectivity index (χ0) is 15.3. The highest BCUT2D eigenvalue weighted by molar-refractivity contribution is 5.33. The summed E-state index contributed by atoms with van der Waals surface area (Å²) >= 11 is 0. The third-order valence-electron chi connectivity index (χ3n) is 4.19. The van der Waals surface area contributed by atoms with Gasteiger partial charge in [-0.1, -0.05) is 26.8 Å². The minimum absolute atomic E-state index is 0.143. The second-order valence-electron chi connectivity index (χ2n) is 6.56. The van der Waals surface area contributed by atoms with E-state index >= 15 is 0 Å². The fraction of sp³-hybridized carbons (Fsp3) is 0.600. The van der Waals surface area contributed by atoms with E-state index in [0.717, 1.165) is 12.1 Å². The van der Waals surface area contributed by atoms with Crippen molar-refractivity contribution in [1.82, 2.24) is 0 Å². The second-order valence-corrected chi connectivity index (χ2v) is 6.56. The molecule has 0 radical (unpaired) electrons. The molecule has 2 atom stereocenters. The lowest BCUT2D eigenvalue weighted by molar-refractivity contribution is -0.140. The number of benzene rings is 1. The van der Waals surface area contributed by atoms with Crippen LogP contribution in [0.3, 0.4) is 0 Å². The molecule has 2 unspecified atom stereocenters. The first-order valence-electron chi connectivity index (χ1n) is 6.55. The number of rotatable bonds is 1. The molecule has 0 aromatic heterocycles. The molecule has 1 aromatic rings. The van der Waals surface area contributed by atoms with E-state index in [2.05, 4.69) is 0 Å². The Labute approximate surface area is 115 Å². The zero-order valence-corrected chi connectivity index (χ0v) is 11.7. The number of alkyl halides is 3. The first-order valence-corrected chi connectivity index (χ1v) is 6.55. The Morgan fingerprint density at radius 3 is 2.30 bits per heavy atom. The Morgan fingerprint density at radius 2 is 1.85 bits per heavy atom. The Kier molecular flexibility index (Phi) is 3.40. The molecule has 1 fully saturated rings. The van der Waals surface area contributed by atoms with Gasteiger partial charge in [-0.3, -0.25) is 0 Å². The van der Waals surface area contributed by atoms with Crippen LogP contribution in [-0.4, -0.2) is 5.11 Å². The normalized spacial score (nSPS) is 29.7. The van der Waals surface area contributed by atoms with Crippen molar-refractivity contribution in [3.05, 3.63) is 35.1 Å². The van der Waals surface area contributed by atoms with Crippen LogP contribution in [0.1, 0.15) is 44.7 Å². The van der Waals surface area contributed by atoms with Gasteiger partial charge in [0, 0.05) is 0 Å². The van der Waals surface area contributed by atoms with Crippen LogP contribution in [0.4, 0.5) is 17.6 Å². The molecule has 5 heteroatoms. The molecule has 0 amide bonds. The van der Waals surface area contributed by atoms with E-state index in [0.29, 0.717) is 12.8 Å². The summed E-state index contributed by atoms with van der Waals surface area (Å²) in [6.45, 7) is 5.75. The highest BCUT2D eigenvalue weighted by atomic mass is 19.4. The van der Waals surface area contributed by atoms with Gasteiger partial charge in [-0.05, 0) is 41.9 Å². The van der Waals surface area contributed by atoms with Crippen molar-refractivity contribution in [2.75, 3.05) is 0 Å². The van der Waals surface area contributed by atoms with Crippen LogP contribution >= 0.6 is 0 Å². The van der Waals surface area contributed by atoms with Crippen LogP contribution in [-0.2, 0) is 11.8 Å². The number of hydrogen-bond donors (Lipinski definition) is 1. The molecule has 20 heavy (non-hydrogen) atoms. The minimum Gasteiger partial charge on any atom is -0.385 e. The van der Waals surface area contributed by atoms with Gasteiger partial charge >= 0.3 is 6.18 Å². The van der Waals surface area contributed by atoms with E-state index < -0.39 is 23.2 Å². The summed E-state index contributed by atoms with van der Waals surface area (Å²) in [5.41, 5.74) is -2.66. The largest absolute Gasteiger partial charge is 0.419 e. The molecule has 1 saturated carbocycles. The predicted octanol–water partition coefficient (Wildman–Crippen LogP) is 4.49. The highest BCUT2D eigenvalue weighted by Crippen LogP contribution is 2.53. The summed E-state index contributed by atoms with van der Waals surface area (Å²) in [6.07, 6.45) is -3.68. The summed E-state index contributed by atoms with van der Waals surface area (Å²) < 4.78 is 51.6. The Hall–Kier alpha value is -1.10. The molecule has 0 bridgehead atoms. The first-order chi connectivity index (χ1) is 8.96. The Bertz CT molecular complexity index is 521. The smallest absolute Gasteiger partial charge is 0.385 e. The maximum atomic E-state index is 13.3. The number of halogens is 4. The third-order valence-corrected chi connectivity index (χ3v) is 4.19. The van der Waals surface area contributed by atoms with Gasteiger partial charge in [0.1, 0.15) is 5.82 Å². The summed E-state index contributed by atoms with van der Waals surface area (Å²) in [5.74, 6) is -1.49. The molecular weight excluding hydrogens is 272 g/mol. The van der Waals surface area contributed by atoms with Crippen LogP contribution in [0, 0.1) is 17.2 Å². The molecule has 1 nitrogen and oxygen atoms in total. The van der Waals surface area contributed by atoms with E-state index in [4.69, 9.17) is 0 Å². The van der Waals surface area contributed by atoms with Crippen LogP contribution in [0.5, 0.6) is 0 Å². The molecule has 1 aliphatic rings. The lowest BCUT2D eigenvalue weighted by Gasteiger charge is -2.29. The summed E-state index contributed by atoms with van der Waals surface area (Å²) in [7, 11) is 0. The van der Waals surface area contributed by atoms with Crippen LogP contribution in [0.25, 0.3) is 0 Å². The number of hydrogen-bond acceptors (Lipinski definition) is 1. The van der Waals surface area contributed by atoms with Crippen molar-refractivity contribution in [2.45, 2.75) is 45.4 Å². The minimum atomic E-state index is -4.76. The Morgan fingerprint density at radius 1 is 1.25 bits per heavy atom. The van der Waals surface area contributed by atoms with Gasteiger partial charge < -0.3 is 5.11 Å².